The first-order valence-electron chi connectivity index (χ1n) is 6.54. The molecule has 6 heteroatoms. The maximum Gasteiger partial charge on any atom is 0.253 e. The lowest BCUT2D eigenvalue weighted by atomic mass is 10.1. The van der Waals surface area contributed by atoms with Gasteiger partial charge in [0, 0.05) is 30.6 Å². The third kappa shape index (κ3) is 3.96. The fourth-order valence-corrected chi connectivity index (χ4v) is 2.67. The lowest BCUT2D eigenvalue weighted by molar-refractivity contribution is 0.0736. The Morgan fingerprint density at radius 3 is 2.45 bits per heavy atom. The summed E-state index contributed by atoms with van der Waals surface area (Å²) in [6, 6.07) is 4.34. The highest BCUT2D eigenvalue weighted by Crippen LogP contribution is 2.19. The summed E-state index contributed by atoms with van der Waals surface area (Å²) in [7, 11) is -1.67. The molecule has 1 amide bonds. The minimum absolute atomic E-state index is 0.0670. The van der Waals surface area contributed by atoms with Crippen LogP contribution in [0.2, 0.25) is 0 Å². The molecule has 1 unspecified atom stereocenters. The van der Waals surface area contributed by atoms with Crippen LogP contribution in [0.1, 0.15) is 37.0 Å². The minimum Gasteiger partial charge on any atom is -0.399 e. The molecule has 1 aromatic carbocycles. The first-order chi connectivity index (χ1) is 9.16. The molecule has 0 heterocycles. The summed E-state index contributed by atoms with van der Waals surface area (Å²) in [4.78, 5) is 14.1. The van der Waals surface area contributed by atoms with Crippen molar-refractivity contribution in [1.82, 2.24) is 4.90 Å². The van der Waals surface area contributed by atoms with Gasteiger partial charge in [0.05, 0.1) is 4.90 Å². The second-order valence-corrected chi connectivity index (χ2v) is 7.13. The molecule has 1 rings (SSSR count). The van der Waals surface area contributed by atoms with Gasteiger partial charge in [-0.05, 0) is 31.5 Å². The number of benzene rings is 1. The Labute approximate surface area is 120 Å². The number of nitrogens with zero attached hydrogens (tertiary/aromatic N) is 1. The molecule has 0 radical (unpaired) electrons. The first kappa shape index (κ1) is 16.5. The van der Waals surface area contributed by atoms with Crippen LogP contribution in [0.3, 0.4) is 0 Å². The van der Waals surface area contributed by atoms with Crippen molar-refractivity contribution in [3.05, 3.63) is 23.8 Å². The Balaban J connectivity index is 3.14. The van der Waals surface area contributed by atoms with Crippen LogP contribution in [0.4, 0.5) is 5.69 Å². The molecule has 0 bridgehead atoms. The van der Waals surface area contributed by atoms with E-state index in [0.29, 0.717) is 5.56 Å². The first-order valence-corrected chi connectivity index (χ1v) is 8.43. The van der Waals surface area contributed by atoms with Crippen molar-refractivity contribution < 1.29 is 13.2 Å². The highest BCUT2D eigenvalue weighted by atomic mass is 32.2. The Morgan fingerprint density at radius 1 is 1.35 bits per heavy atom. The predicted molar refractivity (Wildman–Crippen MR) is 80.4 cm³/mol. The van der Waals surface area contributed by atoms with Crippen LogP contribution in [0, 0.1) is 0 Å². The highest BCUT2D eigenvalue weighted by Gasteiger charge is 2.19. The molecule has 0 saturated heterocycles. The van der Waals surface area contributed by atoms with Crippen molar-refractivity contribution in [2.24, 2.45) is 0 Å². The number of hydrogen-bond acceptors (Lipinski definition) is 4. The van der Waals surface area contributed by atoms with E-state index in [2.05, 4.69) is 6.92 Å². The van der Waals surface area contributed by atoms with E-state index in [1.165, 1.54) is 18.2 Å². The van der Waals surface area contributed by atoms with Gasteiger partial charge in [0.2, 0.25) is 0 Å². The summed E-state index contributed by atoms with van der Waals surface area (Å²) < 4.78 is 23.2. The van der Waals surface area contributed by atoms with Gasteiger partial charge in [-0.2, -0.15) is 0 Å². The predicted octanol–water partition coefficient (Wildman–Crippen LogP) is 1.93. The van der Waals surface area contributed by atoms with Crippen molar-refractivity contribution in [3.63, 3.8) is 0 Å². The highest BCUT2D eigenvalue weighted by molar-refractivity contribution is 7.90. The van der Waals surface area contributed by atoms with E-state index in [4.69, 9.17) is 5.73 Å². The minimum atomic E-state index is -3.39. The van der Waals surface area contributed by atoms with Crippen LogP contribution in [0.25, 0.3) is 0 Å². The Kier molecular flexibility index (Phi) is 5.16. The second kappa shape index (κ2) is 6.26. The van der Waals surface area contributed by atoms with Crippen LogP contribution in [0.5, 0.6) is 0 Å². The number of anilines is 1. The van der Waals surface area contributed by atoms with Crippen molar-refractivity contribution >= 4 is 21.4 Å². The van der Waals surface area contributed by atoms with Gasteiger partial charge in [0.25, 0.3) is 5.91 Å². The number of sulfone groups is 1. The van der Waals surface area contributed by atoms with E-state index in [-0.39, 0.29) is 22.5 Å². The van der Waals surface area contributed by atoms with E-state index in [1.807, 2.05) is 6.92 Å². The number of carbonyl (C=O) groups excluding carboxylic acids is 1. The number of amides is 1. The summed E-state index contributed by atoms with van der Waals surface area (Å²) in [5, 5.41) is 0. The fourth-order valence-electron chi connectivity index (χ4n) is 1.97. The quantitative estimate of drug-likeness (QED) is 0.842. The van der Waals surface area contributed by atoms with Crippen molar-refractivity contribution in [3.8, 4) is 0 Å². The average Bonchev–Trinajstić information content (AvgIpc) is 2.35. The number of nitrogens with two attached hydrogens (primary N) is 1. The van der Waals surface area contributed by atoms with E-state index >= 15 is 0 Å². The maximum absolute atomic E-state index is 12.4. The van der Waals surface area contributed by atoms with Crippen molar-refractivity contribution in [1.29, 1.82) is 0 Å². The van der Waals surface area contributed by atoms with Gasteiger partial charge in [-0.3, -0.25) is 4.79 Å². The van der Waals surface area contributed by atoms with Gasteiger partial charge in [0.1, 0.15) is 0 Å². The summed E-state index contributed by atoms with van der Waals surface area (Å²) in [6.45, 7) is 4.02. The molecule has 0 aliphatic rings. The molecule has 1 atom stereocenters. The third-order valence-electron chi connectivity index (χ3n) is 3.29. The molecule has 0 fully saturated rings. The molecule has 1 aromatic rings. The SMILES string of the molecule is CCCC(C)N(C)C(=O)c1cc(N)cc(S(C)(=O)=O)c1. The molecule has 0 aliphatic heterocycles. The third-order valence-corrected chi connectivity index (χ3v) is 4.38. The van der Waals surface area contributed by atoms with Crippen LogP contribution in [0.15, 0.2) is 23.1 Å². The van der Waals surface area contributed by atoms with Gasteiger partial charge >= 0.3 is 0 Å². The largest absolute Gasteiger partial charge is 0.399 e. The maximum atomic E-state index is 12.4. The number of hydrogen-bond donors (Lipinski definition) is 1. The zero-order chi connectivity index (χ0) is 15.5. The number of rotatable bonds is 5. The fraction of sp³-hybridized carbons (Fsp3) is 0.500. The van der Waals surface area contributed by atoms with Gasteiger partial charge in [-0.25, -0.2) is 8.42 Å². The summed E-state index contributed by atoms with van der Waals surface area (Å²) in [5.41, 5.74) is 6.27. The molecule has 0 aromatic heterocycles. The Morgan fingerprint density at radius 2 is 1.95 bits per heavy atom. The smallest absolute Gasteiger partial charge is 0.253 e. The van der Waals surface area contributed by atoms with E-state index in [0.717, 1.165) is 19.1 Å². The Hall–Kier alpha value is -1.56. The summed E-state index contributed by atoms with van der Waals surface area (Å²) >= 11 is 0. The van der Waals surface area contributed by atoms with Crippen molar-refractivity contribution in [2.45, 2.75) is 37.6 Å². The molecule has 0 aliphatic carbocycles. The van der Waals surface area contributed by atoms with Crippen LogP contribution in [-0.4, -0.2) is 38.6 Å². The van der Waals surface area contributed by atoms with Gasteiger partial charge in [0.15, 0.2) is 9.84 Å². The molecular formula is C14H22N2O3S. The van der Waals surface area contributed by atoms with E-state index in [9.17, 15) is 13.2 Å². The zero-order valence-corrected chi connectivity index (χ0v) is 13.2. The standard InChI is InChI=1S/C14H22N2O3S/c1-5-6-10(2)16(3)14(17)11-7-12(15)9-13(8-11)20(4,18)19/h7-10H,5-6,15H2,1-4H3. The molecule has 112 valence electrons. The molecule has 0 spiro atoms. The molecule has 5 nitrogen and oxygen atoms in total. The molecule has 2 N–H and O–H groups in total. The number of nitrogen functional groups attached to an aromatic ring is 1. The lowest BCUT2D eigenvalue weighted by Crippen LogP contribution is -2.35. The van der Waals surface area contributed by atoms with Crippen LogP contribution < -0.4 is 5.73 Å². The van der Waals surface area contributed by atoms with Crippen LogP contribution in [-0.2, 0) is 9.84 Å². The molecule has 0 saturated carbocycles. The lowest BCUT2D eigenvalue weighted by Gasteiger charge is -2.25. The Bertz CT molecular complexity index is 596. The topological polar surface area (TPSA) is 80.5 Å². The van der Waals surface area contributed by atoms with Crippen molar-refractivity contribution in [2.75, 3.05) is 19.0 Å². The van der Waals surface area contributed by atoms with Crippen LogP contribution >= 0.6 is 0 Å². The number of carbonyl (C=O) groups is 1. The average molecular weight is 298 g/mol. The molecule has 20 heavy (non-hydrogen) atoms. The zero-order valence-electron chi connectivity index (χ0n) is 12.4. The van der Waals surface area contributed by atoms with Gasteiger partial charge in [-0.15, -0.1) is 0 Å². The van der Waals surface area contributed by atoms with E-state index < -0.39 is 9.84 Å². The van der Waals surface area contributed by atoms with E-state index in [1.54, 1.807) is 11.9 Å². The summed E-state index contributed by atoms with van der Waals surface area (Å²) in [5.74, 6) is -0.219. The summed E-state index contributed by atoms with van der Waals surface area (Å²) in [6.07, 6.45) is 2.97. The monoisotopic (exact) mass is 298 g/mol. The normalized spacial score (nSPS) is 13.0. The van der Waals surface area contributed by atoms with Gasteiger partial charge in [-0.1, -0.05) is 13.3 Å². The second-order valence-electron chi connectivity index (χ2n) is 5.12. The molecular weight excluding hydrogens is 276 g/mol. The van der Waals surface area contributed by atoms with Gasteiger partial charge < -0.3 is 10.6 Å².